The van der Waals surface area contributed by atoms with Crippen molar-refractivity contribution in [3.8, 4) is 0 Å². The zero-order valence-corrected chi connectivity index (χ0v) is 9.83. The highest BCUT2D eigenvalue weighted by Crippen LogP contribution is 2.45. The van der Waals surface area contributed by atoms with Crippen molar-refractivity contribution in [3.05, 3.63) is 0 Å². The van der Waals surface area contributed by atoms with E-state index in [-0.39, 0.29) is 12.3 Å². The topological polar surface area (TPSA) is 62.1 Å². The average Bonchev–Trinajstić information content (AvgIpc) is 2.74. The van der Waals surface area contributed by atoms with Crippen LogP contribution >= 0.6 is 0 Å². The minimum Gasteiger partial charge on any atom is -0.395 e. The maximum atomic E-state index is 12.6. The summed E-state index contributed by atoms with van der Waals surface area (Å²) in [5, 5.41) is 22.3. The highest BCUT2D eigenvalue weighted by atomic mass is 19.4. The Morgan fingerprint density at radius 1 is 1.22 bits per heavy atom. The standard InChI is InChI=1S/C11H16F3NO3/c12-11(13,14)10(17)6-8(15-18-10)9(7-16)4-2-1-3-5-9/h16-17H,1-7H2/t10-/m0/s1. The van der Waals surface area contributed by atoms with Crippen molar-refractivity contribution in [2.75, 3.05) is 6.61 Å². The Hall–Kier alpha value is -0.820. The van der Waals surface area contributed by atoms with E-state index in [1.165, 1.54) is 0 Å². The first-order chi connectivity index (χ1) is 8.33. The lowest BCUT2D eigenvalue weighted by Crippen LogP contribution is -2.47. The van der Waals surface area contributed by atoms with E-state index < -0.39 is 23.8 Å². The smallest absolute Gasteiger partial charge is 0.395 e. The van der Waals surface area contributed by atoms with Gasteiger partial charge in [-0.25, -0.2) is 0 Å². The molecule has 2 N–H and O–H groups in total. The van der Waals surface area contributed by atoms with Gasteiger partial charge in [0.1, 0.15) is 0 Å². The summed E-state index contributed by atoms with van der Waals surface area (Å²) in [5.74, 6) is -3.23. The van der Waals surface area contributed by atoms with Gasteiger partial charge in [-0.05, 0) is 12.8 Å². The number of oxime groups is 1. The van der Waals surface area contributed by atoms with Crippen LogP contribution in [0, 0.1) is 5.41 Å². The number of nitrogens with zero attached hydrogens (tertiary/aromatic N) is 1. The lowest BCUT2D eigenvalue weighted by Gasteiger charge is -2.35. The van der Waals surface area contributed by atoms with Crippen LogP contribution in [0.15, 0.2) is 5.16 Å². The molecule has 0 unspecified atom stereocenters. The Balaban J connectivity index is 2.16. The van der Waals surface area contributed by atoms with Gasteiger partial charge >= 0.3 is 12.0 Å². The van der Waals surface area contributed by atoms with E-state index in [4.69, 9.17) is 0 Å². The second kappa shape index (κ2) is 4.38. The lowest BCUT2D eigenvalue weighted by molar-refractivity contribution is -0.355. The van der Waals surface area contributed by atoms with Crippen molar-refractivity contribution in [2.45, 2.75) is 50.5 Å². The Bertz CT molecular complexity index is 350. The summed E-state index contributed by atoms with van der Waals surface area (Å²) in [6.07, 6.45) is -1.76. The van der Waals surface area contributed by atoms with Crippen LogP contribution < -0.4 is 0 Å². The van der Waals surface area contributed by atoms with Crippen molar-refractivity contribution in [2.24, 2.45) is 10.6 Å². The first kappa shape index (κ1) is 13.6. The number of rotatable bonds is 2. The van der Waals surface area contributed by atoms with Crippen molar-refractivity contribution in [1.29, 1.82) is 0 Å². The number of hydrogen-bond acceptors (Lipinski definition) is 4. The molecule has 7 heteroatoms. The summed E-state index contributed by atoms with van der Waals surface area (Å²) in [4.78, 5) is 4.21. The number of hydrogen-bond donors (Lipinski definition) is 2. The van der Waals surface area contributed by atoms with Gasteiger partial charge in [-0.3, -0.25) is 0 Å². The van der Waals surface area contributed by atoms with Gasteiger partial charge in [-0.15, -0.1) is 0 Å². The molecule has 2 rings (SSSR count). The molecule has 1 aliphatic carbocycles. The number of aliphatic hydroxyl groups is 2. The molecule has 1 fully saturated rings. The Kier molecular flexibility index (Phi) is 3.31. The molecule has 1 saturated carbocycles. The molecule has 0 bridgehead atoms. The molecule has 18 heavy (non-hydrogen) atoms. The van der Waals surface area contributed by atoms with E-state index in [1.807, 2.05) is 0 Å². The first-order valence-electron chi connectivity index (χ1n) is 5.98. The molecule has 104 valence electrons. The first-order valence-corrected chi connectivity index (χ1v) is 5.98. The predicted octanol–water partition coefficient (Wildman–Crippen LogP) is 1.96. The SMILES string of the molecule is OCC1(C2=NO[C@](O)(C(F)(F)F)C2)CCCCC1. The van der Waals surface area contributed by atoms with Crippen molar-refractivity contribution < 1.29 is 28.2 Å². The third-order valence-corrected chi connectivity index (χ3v) is 3.88. The summed E-state index contributed by atoms with van der Waals surface area (Å²) < 4.78 is 37.8. The van der Waals surface area contributed by atoms with Crippen molar-refractivity contribution >= 4 is 5.71 Å². The maximum absolute atomic E-state index is 12.6. The van der Waals surface area contributed by atoms with Crippen LogP contribution in [0.3, 0.4) is 0 Å². The second-order valence-electron chi connectivity index (χ2n) is 5.09. The Morgan fingerprint density at radius 3 is 2.28 bits per heavy atom. The largest absolute Gasteiger partial charge is 0.458 e. The van der Waals surface area contributed by atoms with Gasteiger partial charge < -0.3 is 15.1 Å². The van der Waals surface area contributed by atoms with Crippen molar-refractivity contribution in [3.63, 3.8) is 0 Å². The molecule has 2 aliphatic rings. The minimum atomic E-state index is -4.89. The molecule has 0 aromatic carbocycles. The highest BCUT2D eigenvalue weighted by molar-refractivity contribution is 5.91. The number of aliphatic hydroxyl groups excluding tert-OH is 1. The fraction of sp³-hybridized carbons (Fsp3) is 0.909. The molecular formula is C11H16F3NO3. The minimum absolute atomic E-state index is 0.129. The molecule has 1 aliphatic heterocycles. The summed E-state index contributed by atoms with van der Waals surface area (Å²) in [6, 6.07) is 0. The molecule has 0 radical (unpaired) electrons. The van der Waals surface area contributed by atoms with E-state index in [1.54, 1.807) is 0 Å². The van der Waals surface area contributed by atoms with Gasteiger partial charge in [-0.2, -0.15) is 13.2 Å². The van der Waals surface area contributed by atoms with Crippen LogP contribution in [0.5, 0.6) is 0 Å². The second-order valence-corrected chi connectivity index (χ2v) is 5.09. The van der Waals surface area contributed by atoms with Crippen LogP contribution in [-0.2, 0) is 4.84 Å². The van der Waals surface area contributed by atoms with Gasteiger partial charge in [0.25, 0.3) is 0 Å². The van der Waals surface area contributed by atoms with Crippen LogP contribution in [0.25, 0.3) is 0 Å². The van der Waals surface area contributed by atoms with Gasteiger partial charge in [0.15, 0.2) is 0 Å². The van der Waals surface area contributed by atoms with Crippen molar-refractivity contribution in [1.82, 2.24) is 0 Å². The molecule has 4 nitrogen and oxygen atoms in total. The molecule has 1 atom stereocenters. The van der Waals surface area contributed by atoms with Crippen LogP contribution in [0.1, 0.15) is 38.5 Å². The Labute approximate surface area is 102 Å². The van der Waals surface area contributed by atoms with Gasteiger partial charge in [0.2, 0.25) is 0 Å². The van der Waals surface area contributed by atoms with Crippen LogP contribution in [0.2, 0.25) is 0 Å². The fourth-order valence-corrected chi connectivity index (χ4v) is 2.62. The predicted molar refractivity (Wildman–Crippen MR) is 56.7 cm³/mol. The monoisotopic (exact) mass is 267 g/mol. The highest BCUT2D eigenvalue weighted by Gasteiger charge is 2.62. The van der Waals surface area contributed by atoms with Gasteiger partial charge in [0, 0.05) is 5.41 Å². The zero-order chi connectivity index (χ0) is 13.4. The van der Waals surface area contributed by atoms with E-state index in [2.05, 4.69) is 9.99 Å². The molecule has 0 amide bonds. The Morgan fingerprint density at radius 2 is 1.83 bits per heavy atom. The summed E-state index contributed by atoms with van der Waals surface area (Å²) in [6.45, 7) is -0.261. The normalized spacial score (nSPS) is 31.9. The molecule has 0 aromatic rings. The van der Waals surface area contributed by atoms with Gasteiger partial charge in [-0.1, -0.05) is 24.4 Å². The summed E-state index contributed by atoms with van der Waals surface area (Å²) >= 11 is 0. The number of halogens is 3. The molecule has 0 saturated heterocycles. The van der Waals surface area contributed by atoms with Gasteiger partial charge in [0.05, 0.1) is 18.7 Å². The maximum Gasteiger partial charge on any atom is 0.458 e. The fourth-order valence-electron chi connectivity index (χ4n) is 2.62. The van der Waals surface area contributed by atoms with Crippen LogP contribution in [-0.4, -0.2) is 34.5 Å². The molecule has 1 heterocycles. The molecule has 0 aromatic heterocycles. The average molecular weight is 267 g/mol. The van der Waals surface area contributed by atoms with Crippen LogP contribution in [0.4, 0.5) is 13.2 Å². The van der Waals surface area contributed by atoms with E-state index in [0.29, 0.717) is 12.8 Å². The summed E-state index contributed by atoms with van der Waals surface area (Å²) in [5.41, 5.74) is -0.627. The molecular weight excluding hydrogens is 251 g/mol. The van der Waals surface area contributed by atoms with E-state index in [9.17, 15) is 23.4 Å². The summed E-state index contributed by atoms with van der Waals surface area (Å²) in [7, 11) is 0. The zero-order valence-electron chi connectivity index (χ0n) is 9.83. The molecule has 0 spiro atoms. The third kappa shape index (κ3) is 2.09. The van der Waals surface area contributed by atoms with E-state index >= 15 is 0 Å². The number of alkyl halides is 3. The quantitative estimate of drug-likeness (QED) is 0.804. The third-order valence-electron chi connectivity index (χ3n) is 3.88. The lowest BCUT2D eigenvalue weighted by atomic mass is 9.70. The van der Waals surface area contributed by atoms with E-state index in [0.717, 1.165) is 19.3 Å².